The predicted molar refractivity (Wildman–Crippen MR) is 66.3 cm³/mol. The first-order valence-corrected chi connectivity index (χ1v) is 6.56. The minimum Gasteiger partial charge on any atom is -0.376 e. The van der Waals surface area contributed by atoms with Crippen molar-refractivity contribution in [3.05, 3.63) is 11.6 Å². The largest absolute Gasteiger partial charge is 0.376 e. The van der Waals surface area contributed by atoms with Crippen molar-refractivity contribution in [3.63, 3.8) is 0 Å². The minimum atomic E-state index is -0.121. The number of amides is 1. The molecule has 1 fully saturated rings. The van der Waals surface area contributed by atoms with E-state index in [1.807, 2.05) is 13.8 Å². The highest BCUT2D eigenvalue weighted by Crippen LogP contribution is 2.14. The molecule has 0 saturated carbocycles. The van der Waals surface area contributed by atoms with Crippen LogP contribution in [0.3, 0.4) is 0 Å². The van der Waals surface area contributed by atoms with Gasteiger partial charge in [-0.15, -0.1) is 5.10 Å². The van der Waals surface area contributed by atoms with Gasteiger partial charge < -0.3 is 9.64 Å². The van der Waals surface area contributed by atoms with Crippen LogP contribution in [0.4, 0.5) is 0 Å². The summed E-state index contributed by atoms with van der Waals surface area (Å²) < 4.78 is 5.56. The second-order valence-electron chi connectivity index (χ2n) is 4.44. The number of likely N-dealkylation sites (N-methyl/N-ethyl adjacent to an activating group) is 1. The van der Waals surface area contributed by atoms with Crippen molar-refractivity contribution in [3.8, 4) is 0 Å². The zero-order valence-corrected chi connectivity index (χ0v) is 11.0. The number of ether oxygens (including phenoxy) is 1. The Kier molecular flexibility index (Phi) is 4.30. The molecule has 0 aliphatic carbocycles. The van der Waals surface area contributed by atoms with Crippen molar-refractivity contribution in [2.45, 2.75) is 39.2 Å². The van der Waals surface area contributed by atoms with Gasteiger partial charge in [-0.1, -0.05) is 6.92 Å². The van der Waals surface area contributed by atoms with Crippen molar-refractivity contribution in [1.29, 1.82) is 0 Å². The Bertz CT molecular complexity index is 399. The van der Waals surface area contributed by atoms with E-state index in [4.69, 9.17) is 4.74 Å². The van der Waals surface area contributed by atoms with Gasteiger partial charge in [-0.2, -0.15) is 0 Å². The summed E-state index contributed by atoms with van der Waals surface area (Å²) >= 11 is 0. The lowest BCUT2D eigenvalue weighted by Gasteiger charge is -2.22. The maximum atomic E-state index is 12.2. The summed E-state index contributed by atoms with van der Waals surface area (Å²) in [6.45, 7) is 6.01. The molecular weight excluding hydrogens is 232 g/mol. The van der Waals surface area contributed by atoms with E-state index in [1.165, 1.54) is 0 Å². The Morgan fingerprint density at radius 1 is 1.56 bits per heavy atom. The van der Waals surface area contributed by atoms with E-state index in [0.29, 0.717) is 13.1 Å². The van der Waals surface area contributed by atoms with E-state index in [-0.39, 0.29) is 17.8 Å². The molecule has 18 heavy (non-hydrogen) atoms. The van der Waals surface area contributed by atoms with Crippen molar-refractivity contribution < 1.29 is 9.53 Å². The molecule has 1 aliphatic rings. The van der Waals surface area contributed by atoms with Crippen LogP contribution in [-0.4, -0.2) is 51.8 Å². The Morgan fingerprint density at radius 2 is 2.39 bits per heavy atom. The molecule has 1 unspecified atom stereocenters. The molecule has 0 radical (unpaired) electrons. The van der Waals surface area contributed by atoms with E-state index < -0.39 is 0 Å². The first-order valence-electron chi connectivity index (χ1n) is 6.56. The molecule has 1 aliphatic heterocycles. The van der Waals surface area contributed by atoms with Gasteiger partial charge >= 0.3 is 0 Å². The van der Waals surface area contributed by atoms with Crippen molar-refractivity contribution >= 4 is 5.91 Å². The number of rotatable bonds is 5. The van der Waals surface area contributed by atoms with Crippen LogP contribution < -0.4 is 0 Å². The second-order valence-corrected chi connectivity index (χ2v) is 4.44. The van der Waals surface area contributed by atoms with Crippen LogP contribution in [0.2, 0.25) is 0 Å². The smallest absolute Gasteiger partial charge is 0.293 e. The molecule has 0 aromatic carbocycles. The number of hydrogen-bond acceptors (Lipinski definition) is 4. The number of hydrogen-bond donors (Lipinski definition) is 1. The highest BCUT2D eigenvalue weighted by atomic mass is 16.5. The van der Waals surface area contributed by atoms with E-state index in [1.54, 1.807) is 4.90 Å². The number of carbonyl (C=O) groups is 1. The van der Waals surface area contributed by atoms with Crippen LogP contribution in [0.15, 0.2) is 0 Å². The first-order chi connectivity index (χ1) is 8.74. The van der Waals surface area contributed by atoms with Gasteiger partial charge in [0.15, 0.2) is 0 Å². The lowest BCUT2D eigenvalue weighted by Crippen LogP contribution is -2.37. The van der Waals surface area contributed by atoms with Gasteiger partial charge in [-0.05, 0) is 19.8 Å². The van der Waals surface area contributed by atoms with Gasteiger partial charge in [0, 0.05) is 26.1 Å². The van der Waals surface area contributed by atoms with Gasteiger partial charge in [0.1, 0.15) is 5.82 Å². The molecule has 6 heteroatoms. The van der Waals surface area contributed by atoms with E-state index in [0.717, 1.165) is 31.7 Å². The fraction of sp³-hybridized carbons (Fsp3) is 0.750. The number of aromatic nitrogens is 3. The maximum absolute atomic E-state index is 12.2. The second kappa shape index (κ2) is 5.95. The summed E-state index contributed by atoms with van der Waals surface area (Å²) in [5, 5.41) is 6.73. The molecule has 1 aromatic heterocycles. The average molecular weight is 252 g/mol. The molecule has 1 atom stereocenters. The highest BCUT2D eigenvalue weighted by Gasteiger charge is 2.24. The van der Waals surface area contributed by atoms with E-state index >= 15 is 0 Å². The molecule has 0 bridgehead atoms. The first kappa shape index (κ1) is 13.0. The zero-order chi connectivity index (χ0) is 13.0. The molecule has 1 amide bonds. The van der Waals surface area contributed by atoms with Crippen LogP contribution in [-0.2, 0) is 11.2 Å². The topological polar surface area (TPSA) is 71.1 Å². The lowest BCUT2D eigenvalue weighted by molar-refractivity contribution is 0.0530. The summed E-state index contributed by atoms with van der Waals surface area (Å²) in [7, 11) is 0. The Labute approximate surface area is 107 Å². The third kappa shape index (κ3) is 2.87. The minimum absolute atomic E-state index is 0.121. The lowest BCUT2D eigenvalue weighted by atomic mass is 10.2. The molecule has 2 heterocycles. The van der Waals surface area contributed by atoms with Gasteiger partial charge in [0.25, 0.3) is 5.91 Å². The quantitative estimate of drug-likeness (QED) is 0.849. The Hall–Kier alpha value is -1.43. The molecule has 6 nitrogen and oxygen atoms in total. The summed E-state index contributed by atoms with van der Waals surface area (Å²) in [5.41, 5.74) is 0. The van der Waals surface area contributed by atoms with Crippen LogP contribution in [0.1, 0.15) is 43.1 Å². The van der Waals surface area contributed by atoms with E-state index in [9.17, 15) is 4.79 Å². The van der Waals surface area contributed by atoms with Gasteiger partial charge in [-0.3, -0.25) is 9.89 Å². The van der Waals surface area contributed by atoms with Crippen LogP contribution >= 0.6 is 0 Å². The van der Waals surface area contributed by atoms with Crippen LogP contribution in [0, 0.1) is 0 Å². The number of nitrogens with one attached hydrogen (secondary N) is 1. The normalized spacial score (nSPS) is 19.1. The average Bonchev–Trinajstić information content (AvgIpc) is 3.06. The number of aryl methyl sites for hydroxylation is 1. The van der Waals surface area contributed by atoms with Gasteiger partial charge in [0.05, 0.1) is 6.10 Å². The molecule has 1 aromatic rings. The number of carbonyl (C=O) groups excluding carboxylic acids is 1. The number of H-pyrrole nitrogens is 1. The third-order valence-electron chi connectivity index (χ3n) is 3.17. The van der Waals surface area contributed by atoms with Gasteiger partial charge in [-0.25, -0.2) is 4.98 Å². The van der Waals surface area contributed by atoms with E-state index in [2.05, 4.69) is 15.2 Å². The fourth-order valence-electron chi connectivity index (χ4n) is 2.08. The van der Waals surface area contributed by atoms with Crippen LogP contribution in [0.25, 0.3) is 0 Å². The molecule has 2 rings (SSSR count). The standard InChI is InChI=1S/C12H20N4O2/c1-3-10-13-11(15-14-10)12(17)16(4-2)8-9-6-5-7-18-9/h9H,3-8H2,1-2H3,(H,13,14,15). The summed E-state index contributed by atoms with van der Waals surface area (Å²) in [6.07, 6.45) is 3.02. The fourth-order valence-corrected chi connectivity index (χ4v) is 2.08. The Balaban J connectivity index is 1.99. The molecule has 1 saturated heterocycles. The van der Waals surface area contributed by atoms with Crippen molar-refractivity contribution in [1.82, 2.24) is 20.1 Å². The Morgan fingerprint density at radius 3 is 2.94 bits per heavy atom. The highest BCUT2D eigenvalue weighted by molar-refractivity contribution is 5.90. The SMILES string of the molecule is CCc1nc(C(=O)N(CC)CC2CCCO2)n[nH]1. The summed E-state index contributed by atoms with van der Waals surface area (Å²) in [4.78, 5) is 18.1. The number of nitrogens with zero attached hydrogens (tertiary/aromatic N) is 3. The predicted octanol–water partition coefficient (Wildman–Crippen LogP) is 1.01. The van der Waals surface area contributed by atoms with Crippen molar-refractivity contribution in [2.75, 3.05) is 19.7 Å². The zero-order valence-electron chi connectivity index (χ0n) is 11.0. The monoisotopic (exact) mass is 252 g/mol. The third-order valence-corrected chi connectivity index (χ3v) is 3.17. The maximum Gasteiger partial charge on any atom is 0.293 e. The molecule has 100 valence electrons. The number of aromatic amines is 1. The van der Waals surface area contributed by atoms with Gasteiger partial charge in [0.2, 0.25) is 5.82 Å². The summed E-state index contributed by atoms with van der Waals surface area (Å²) in [6, 6.07) is 0. The molecule has 1 N–H and O–H groups in total. The van der Waals surface area contributed by atoms with Crippen LogP contribution in [0.5, 0.6) is 0 Å². The summed E-state index contributed by atoms with van der Waals surface area (Å²) in [5.74, 6) is 0.877. The van der Waals surface area contributed by atoms with Crippen molar-refractivity contribution in [2.24, 2.45) is 0 Å². The molecule has 0 spiro atoms. The molecular formula is C12H20N4O2.